The zero-order valence-corrected chi connectivity index (χ0v) is 19.3. The van der Waals surface area contributed by atoms with E-state index in [0.717, 1.165) is 6.08 Å². The summed E-state index contributed by atoms with van der Waals surface area (Å²) in [5.74, 6) is -3.35. The molecular formula is C22H27F2IO5. The lowest BCUT2D eigenvalue weighted by molar-refractivity contribution is -0.221. The van der Waals surface area contributed by atoms with Gasteiger partial charge in [-0.3, -0.25) is 9.59 Å². The predicted molar refractivity (Wildman–Crippen MR) is 113 cm³/mol. The molecule has 3 N–H and O–H groups in total. The molecule has 0 amide bonds. The molecule has 0 radical (unpaired) electrons. The Kier molecular flexibility index (Phi) is 4.98. The van der Waals surface area contributed by atoms with Gasteiger partial charge in [-0.15, -0.1) is 0 Å². The minimum atomic E-state index is -2.28. The second-order valence-corrected chi connectivity index (χ2v) is 11.3. The summed E-state index contributed by atoms with van der Waals surface area (Å²) >= 11 is 1.85. The summed E-state index contributed by atoms with van der Waals surface area (Å²) in [6, 6.07) is 0. The zero-order chi connectivity index (χ0) is 22.4. The van der Waals surface area contributed by atoms with E-state index in [1.807, 2.05) is 22.6 Å². The SMILES string of the molecule is CC1C[C@H]2[C@@H]3C(I)C(F)C4=CC(=O)C=C[C@]4(C)[C@@]3(F)C(O)C[C@]2(C)[C@@]1(O)C(=O)CO. The molecular weight excluding hydrogens is 509 g/mol. The van der Waals surface area contributed by atoms with E-state index in [-0.39, 0.29) is 18.4 Å². The second kappa shape index (κ2) is 6.65. The van der Waals surface area contributed by atoms with Gasteiger partial charge in [0, 0.05) is 16.7 Å². The number of halogens is 3. The van der Waals surface area contributed by atoms with Crippen LogP contribution in [0.2, 0.25) is 0 Å². The highest BCUT2D eigenvalue weighted by Gasteiger charge is 2.78. The third-order valence-electron chi connectivity index (χ3n) is 8.79. The molecule has 4 rings (SSSR count). The average molecular weight is 536 g/mol. The minimum Gasteiger partial charge on any atom is -0.390 e. The van der Waals surface area contributed by atoms with Crippen molar-refractivity contribution in [3.05, 3.63) is 23.8 Å². The Hall–Kier alpha value is -0.710. The maximum atomic E-state index is 17.1. The topological polar surface area (TPSA) is 94.8 Å². The van der Waals surface area contributed by atoms with Crippen molar-refractivity contribution >= 4 is 34.2 Å². The molecule has 8 heteroatoms. The third-order valence-corrected chi connectivity index (χ3v) is 10.2. The Labute approximate surface area is 187 Å². The van der Waals surface area contributed by atoms with Gasteiger partial charge in [0.25, 0.3) is 0 Å². The summed E-state index contributed by atoms with van der Waals surface area (Å²) in [4.78, 5) is 24.5. The van der Waals surface area contributed by atoms with E-state index in [0.29, 0.717) is 0 Å². The Morgan fingerprint density at radius 2 is 2.00 bits per heavy atom. The van der Waals surface area contributed by atoms with Gasteiger partial charge in [-0.25, -0.2) is 8.78 Å². The van der Waals surface area contributed by atoms with Crippen LogP contribution in [0.5, 0.6) is 0 Å². The summed E-state index contributed by atoms with van der Waals surface area (Å²) in [6.07, 6.45) is 0.576. The van der Waals surface area contributed by atoms with Crippen molar-refractivity contribution in [2.75, 3.05) is 6.61 Å². The smallest absolute Gasteiger partial charge is 0.190 e. The second-order valence-electron chi connectivity index (χ2n) is 9.91. The lowest BCUT2D eigenvalue weighted by atomic mass is 9.44. The number of rotatable bonds is 2. The molecule has 3 saturated carbocycles. The van der Waals surface area contributed by atoms with Crippen molar-refractivity contribution in [3.8, 4) is 0 Å². The molecule has 0 aromatic heterocycles. The fraction of sp³-hybridized carbons (Fsp3) is 0.727. The largest absolute Gasteiger partial charge is 0.390 e. The number of allylic oxidation sites excluding steroid dienone is 4. The van der Waals surface area contributed by atoms with Crippen LogP contribution >= 0.6 is 22.6 Å². The fourth-order valence-corrected chi connectivity index (χ4v) is 8.61. The number of Topliss-reactive ketones (excluding diaryl/α,β-unsaturated/α-hetero) is 1. The Bertz CT molecular complexity index is 876. The summed E-state index contributed by atoms with van der Waals surface area (Å²) in [6.45, 7) is 3.97. The molecule has 0 bridgehead atoms. The number of hydrogen-bond donors (Lipinski definition) is 3. The van der Waals surface area contributed by atoms with E-state index < -0.39 is 74.2 Å². The Balaban J connectivity index is 1.92. The van der Waals surface area contributed by atoms with Gasteiger partial charge in [-0.1, -0.05) is 42.5 Å². The van der Waals surface area contributed by atoms with Gasteiger partial charge >= 0.3 is 0 Å². The summed E-state index contributed by atoms with van der Waals surface area (Å²) < 4.78 is 31.8. The molecule has 0 spiro atoms. The first-order valence-corrected chi connectivity index (χ1v) is 11.5. The van der Waals surface area contributed by atoms with Crippen LogP contribution in [-0.2, 0) is 9.59 Å². The number of aliphatic hydroxyl groups excluding tert-OH is 2. The van der Waals surface area contributed by atoms with Crippen LogP contribution in [0.1, 0.15) is 33.6 Å². The number of carbonyl (C=O) groups excluding carboxylic acids is 2. The van der Waals surface area contributed by atoms with Crippen LogP contribution < -0.4 is 0 Å². The molecule has 0 aromatic rings. The van der Waals surface area contributed by atoms with E-state index in [2.05, 4.69) is 0 Å². The Morgan fingerprint density at radius 3 is 2.60 bits per heavy atom. The third kappa shape index (κ3) is 2.31. The van der Waals surface area contributed by atoms with Crippen molar-refractivity contribution < 1.29 is 33.7 Å². The van der Waals surface area contributed by atoms with E-state index in [1.165, 1.54) is 19.1 Å². The highest BCUT2D eigenvalue weighted by molar-refractivity contribution is 14.1. The van der Waals surface area contributed by atoms with Gasteiger partial charge in [0.15, 0.2) is 17.2 Å². The van der Waals surface area contributed by atoms with E-state index in [1.54, 1.807) is 13.8 Å². The molecule has 4 aliphatic rings. The summed E-state index contributed by atoms with van der Waals surface area (Å²) in [5, 5.41) is 32.1. The van der Waals surface area contributed by atoms with Crippen molar-refractivity contribution in [2.24, 2.45) is 28.6 Å². The predicted octanol–water partition coefficient (Wildman–Crippen LogP) is 2.26. The van der Waals surface area contributed by atoms with Gasteiger partial charge in [-0.2, -0.15) is 0 Å². The first kappa shape index (κ1) is 22.5. The standard InChI is InChI=1S/C22H27F2IO5/c1-10-6-12-16-18(25)17(23)13-7-11(27)4-5-19(13,2)21(16,24)14(28)8-20(12,3)22(10,30)15(29)9-26/h4-5,7,10,12,14,16-18,26,28,30H,6,8-9H2,1-3H3/t10?,12-,14?,16+,17?,18?,19-,20-,21+,22-/m0/s1. The van der Waals surface area contributed by atoms with E-state index in [9.17, 15) is 24.9 Å². The first-order chi connectivity index (χ1) is 13.8. The van der Waals surface area contributed by atoms with Crippen molar-refractivity contribution in [1.29, 1.82) is 0 Å². The minimum absolute atomic E-state index is 0.0311. The molecule has 3 fully saturated rings. The molecule has 0 aliphatic heterocycles. The molecule has 4 aliphatic carbocycles. The van der Waals surface area contributed by atoms with Crippen LogP contribution in [0.3, 0.4) is 0 Å². The van der Waals surface area contributed by atoms with Gasteiger partial charge < -0.3 is 15.3 Å². The number of ketones is 2. The number of aliphatic hydroxyl groups is 3. The maximum absolute atomic E-state index is 17.1. The van der Waals surface area contributed by atoms with Crippen LogP contribution in [0.15, 0.2) is 23.8 Å². The van der Waals surface area contributed by atoms with Gasteiger partial charge in [-0.05, 0) is 49.3 Å². The maximum Gasteiger partial charge on any atom is 0.190 e. The van der Waals surface area contributed by atoms with Gasteiger partial charge in [0.05, 0.1) is 10.0 Å². The van der Waals surface area contributed by atoms with Crippen LogP contribution in [0, 0.1) is 28.6 Å². The van der Waals surface area contributed by atoms with Crippen LogP contribution in [0.4, 0.5) is 8.78 Å². The number of hydrogen-bond acceptors (Lipinski definition) is 5. The highest BCUT2D eigenvalue weighted by atomic mass is 127. The fourth-order valence-electron chi connectivity index (χ4n) is 7.20. The quantitative estimate of drug-likeness (QED) is 0.372. The zero-order valence-electron chi connectivity index (χ0n) is 17.1. The molecule has 0 aromatic carbocycles. The molecule has 10 atom stereocenters. The number of fused-ring (bicyclic) bond motifs is 5. The monoisotopic (exact) mass is 536 g/mol. The molecule has 0 heterocycles. The Morgan fingerprint density at radius 1 is 1.37 bits per heavy atom. The molecule has 0 saturated heterocycles. The summed E-state index contributed by atoms with van der Waals surface area (Å²) in [7, 11) is 0. The lowest BCUT2D eigenvalue weighted by Crippen LogP contribution is -2.73. The normalized spacial score (nSPS) is 54.8. The molecule has 30 heavy (non-hydrogen) atoms. The van der Waals surface area contributed by atoms with Gasteiger partial charge in [0.1, 0.15) is 18.4 Å². The lowest BCUT2D eigenvalue weighted by Gasteiger charge is -2.64. The highest BCUT2D eigenvalue weighted by Crippen LogP contribution is 2.71. The van der Waals surface area contributed by atoms with Crippen molar-refractivity contribution in [2.45, 2.75) is 61.1 Å². The number of alkyl halides is 3. The van der Waals surface area contributed by atoms with E-state index in [4.69, 9.17) is 0 Å². The van der Waals surface area contributed by atoms with E-state index >= 15 is 8.78 Å². The average Bonchev–Trinajstić information content (AvgIpc) is 2.89. The summed E-state index contributed by atoms with van der Waals surface area (Å²) in [5.41, 5.74) is -6.92. The van der Waals surface area contributed by atoms with Crippen LogP contribution in [-0.4, -0.2) is 61.0 Å². The molecule has 166 valence electrons. The number of carbonyl (C=O) groups is 2. The van der Waals surface area contributed by atoms with Crippen LogP contribution in [0.25, 0.3) is 0 Å². The van der Waals surface area contributed by atoms with Crippen molar-refractivity contribution in [3.63, 3.8) is 0 Å². The molecule has 4 unspecified atom stereocenters. The first-order valence-electron chi connectivity index (χ1n) is 10.3. The van der Waals surface area contributed by atoms with Gasteiger partial charge in [0.2, 0.25) is 0 Å². The molecule has 5 nitrogen and oxygen atoms in total. The van der Waals surface area contributed by atoms with Crippen molar-refractivity contribution in [1.82, 2.24) is 0 Å².